The Labute approximate surface area is 129 Å². The summed E-state index contributed by atoms with van der Waals surface area (Å²) in [5.41, 5.74) is 4.29. The molecule has 0 saturated heterocycles. The summed E-state index contributed by atoms with van der Waals surface area (Å²) >= 11 is 5.99. The van der Waals surface area contributed by atoms with Gasteiger partial charge < -0.3 is 10.2 Å². The molecule has 112 valence electrons. The minimum absolute atomic E-state index is 0.491. The largest absolute Gasteiger partial charge is 0.496 e. The number of hydrazine groups is 1. The van der Waals surface area contributed by atoms with Crippen LogP contribution < -0.4 is 16.0 Å². The fourth-order valence-electron chi connectivity index (χ4n) is 2.06. The zero-order valence-electron chi connectivity index (χ0n) is 12.4. The predicted molar refractivity (Wildman–Crippen MR) is 85.4 cm³/mol. The molecule has 0 spiro atoms. The molecule has 0 bridgehead atoms. The van der Waals surface area contributed by atoms with Crippen molar-refractivity contribution in [1.29, 1.82) is 0 Å². The van der Waals surface area contributed by atoms with Crippen molar-refractivity contribution in [2.45, 2.75) is 20.3 Å². The van der Waals surface area contributed by atoms with Crippen LogP contribution in [0.5, 0.6) is 5.75 Å². The second-order valence-electron chi connectivity index (χ2n) is 5.16. The van der Waals surface area contributed by atoms with E-state index in [-0.39, 0.29) is 0 Å². The number of nitrogen functional groups attached to an aromatic ring is 1. The highest BCUT2D eigenvalue weighted by Crippen LogP contribution is 2.31. The Bertz CT molecular complexity index is 631. The summed E-state index contributed by atoms with van der Waals surface area (Å²) in [5, 5.41) is 0.603. The Morgan fingerprint density at radius 3 is 2.67 bits per heavy atom. The SMILES string of the molecule is COc1cc(Cl)ccc1-c1nc(CC(C)C)cc(NN)n1. The number of ether oxygens (including phenoxy) is 1. The third-order valence-electron chi connectivity index (χ3n) is 2.95. The molecule has 1 aromatic heterocycles. The van der Waals surface area contributed by atoms with E-state index >= 15 is 0 Å². The van der Waals surface area contributed by atoms with Crippen LogP contribution in [0.4, 0.5) is 5.82 Å². The number of anilines is 1. The molecule has 0 radical (unpaired) electrons. The molecular weight excluding hydrogens is 288 g/mol. The minimum atomic E-state index is 0.491. The average molecular weight is 307 g/mol. The summed E-state index contributed by atoms with van der Waals surface area (Å²) in [4.78, 5) is 9.00. The van der Waals surface area contributed by atoms with Gasteiger partial charge >= 0.3 is 0 Å². The van der Waals surface area contributed by atoms with E-state index in [9.17, 15) is 0 Å². The van der Waals surface area contributed by atoms with Crippen LogP contribution >= 0.6 is 11.6 Å². The van der Waals surface area contributed by atoms with E-state index in [0.717, 1.165) is 17.7 Å². The zero-order valence-corrected chi connectivity index (χ0v) is 13.1. The van der Waals surface area contributed by atoms with E-state index in [4.69, 9.17) is 22.2 Å². The van der Waals surface area contributed by atoms with Crippen molar-refractivity contribution in [2.75, 3.05) is 12.5 Å². The molecule has 6 heteroatoms. The monoisotopic (exact) mass is 306 g/mol. The minimum Gasteiger partial charge on any atom is -0.496 e. The van der Waals surface area contributed by atoms with Gasteiger partial charge in [-0.05, 0) is 30.5 Å². The number of methoxy groups -OCH3 is 1. The Morgan fingerprint density at radius 1 is 1.29 bits per heavy atom. The van der Waals surface area contributed by atoms with Gasteiger partial charge in [0.1, 0.15) is 11.6 Å². The van der Waals surface area contributed by atoms with Crippen molar-refractivity contribution < 1.29 is 4.74 Å². The molecule has 3 N–H and O–H groups in total. The van der Waals surface area contributed by atoms with Gasteiger partial charge in [-0.1, -0.05) is 25.4 Å². The number of rotatable bonds is 5. The molecule has 0 fully saturated rings. The van der Waals surface area contributed by atoms with Crippen LogP contribution in [0.3, 0.4) is 0 Å². The normalized spacial score (nSPS) is 10.8. The van der Waals surface area contributed by atoms with Gasteiger partial charge in [0, 0.05) is 16.8 Å². The van der Waals surface area contributed by atoms with E-state index in [1.807, 2.05) is 12.1 Å². The predicted octanol–water partition coefficient (Wildman–Crippen LogP) is 3.29. The molecule has 2 aromatic rings. The van der Waals surface area contributed by atoms with E-state index in [0.29, 0.717) is 28.3 Å². The lowest BCUT2D eigenvalue weighted by Gasteiger charge is -2.12. The maximum Gasteiger partial charge on any atom is 0.165 e. The van der Waals surface area contributed by atoms with Gasteiger partial charge in [-0.15, -0.1) is 0 Å². The molecule has 2 rings (SSSR count). The first-order valence-electron chi connectivity index (χ1n) is 6.72. The van der Waals surface area contributed by atoms with Crippen molar-refractivity contribution >= 4 is 17.4 Å². The zero-order chi connectivity index (χ0) is 15.4. The Morgan fingerprint density at radius 2 is 2.05 bits per heavy atom. The number of nitrogens with zero attached hydrogens (tertiary/aromatic N) is 2. The lowest BCUT2D eigenvalue weighted by Crippen LogP contribution is -2.11. The highest BCUT2D eigenvalue weighted by atomic mass is 35.5. The maximum absolute atomic E-state index is 5.99. The van der Waals surface area contributed by atoms with Gasteiger partial charge in [0.2, 0.25) is 0 Å². The van der Waals surface area contributed by atoms with Crippen LogP contribution in [0, 0.1) is 5.92 Å². The molecule has 0 atom stereocenters. The molecule has 0 aliphatic heterocycles. The quantitative estimate of drug-likeness (QED) is 0.655. The second-order valence-corrected chi connectivity index (χ2v) is 5.59. The van der Waals surface area contributed by atoms with Gasteiger partial charge in [0.15, 0.2) is 5.82 Å². The van der Waals surface area contributed by atoms with Gasteiger partial charge in [-0.2, -0.15) is 0 Å². The van der Waals surface area contributed by atoms with E-state index < -0.39 is 0 Å². The van der Waals surface area contributed by atoms with Crippen LogP contribution in [0.15, 0.2) is 24.3 Å². The van der Waals surface area contributed by atoms with Crippen molar-refractivity contribution in [1.82, 2.24) is 9.97 Å². The Kier molecular flexibility index (Phi) is 4.98. The number of hydrogen-bond donors (Lipinski definition) is 2. The number of nitrogens with one attached hydrogen (secondary N) is 1. The number of hydrogen-bond acceptors (Lipinski definition) is 5. The molecule has 0 aliphatic rings. The van der Waals surface area contributed by atoms with Crippen molar-refractivity contribution in [3.63, 3.8) is 0 Å². The van der Waals surface area contributed by atoms with Gasteiger partial charge in [0.05, 0.1) is 12.7 Å². The first-order chi connectivity index (χ1) is 10.0. The standard InChI is InChI=1S/C15H19ClN4O/c1-9(2)6-11-8-14(20-17)19-15(18-11)12-5-4-10(16)7-13(12)21-3/h4-5,7-9H,6,17H2,1-3H3,(H,18,19,20). The molecule has 1 aromatic carbocycles. The van der Waals surface area contributed by atoms with E-state index in [1.54, 1.807) is 19.2 Å². The van der Waals surface area contributed by atoms with Crippen molar-refractivity contribution in [3.8, 4) is 17.1 Å². The van der Waals surface area contributed by atoms with Crippen LogP contribution in [0.1, 0.15) is 19.5 Å². The fraction of sp³-hybridized carbons (Fsp3) is 0.333. The lowest BCUT2D eigenvalue weighted by atomic mass is 10.1. The second kappa shape index (κ2) is 6.74. The molecule has 0 amide bonds. The van der Waals surface area contributed by atoms with E-state index in [2.05, 4.69) is 29.2 Å². The van der Waals surface area contributed by atoms with Crippen LogP contribution in [-0.2, 0) is 6.42 Å². The molecule has 0 aliphatic carbocycles. The van der Waals surface area contributed by atoms with E-state index in [1.165, 1.54) is 0 Å². The molecule has 21 heavy (non-hydrogen) atoms. The topological polar surface area (TPSA) is 73.1 Å². The average Bonchev–Trinajstić information content (AvgIpc) is 2.45. The number of nitrogens with two attached hydrogens (primary N) is 1. The first kappa shape index (κ1) is 15.5. The summed E-state index contributed by atoms with van der Waals surface area (Å²) in [6.45, 7) is 4.28. The summed E-state index contributed by atoms with van der Waals surface area (Å²) in [7, 11) is 1.59. The number of benzene rings is 1. The summed E-state index contributed by atoms with van der Waals surface area (Å²) < 4.78 is 5.36. The van der Waals surface area contributed by atoms with Gasteiger partial charge in [0.25, 0.3) is 0 Å². The Hall–Kier alpha value is -1.85. The summed E-state index contributed by atoms with van der Waals surface area (Å²) in [5.74, 6) is 7.76. The molecule has 5 nitrogen and oxygen atoms in total. The summed E-state index contributed by atoms with van der Waals surface area (Å²) in [6.07, 6.45) is 0.847. The first-order valence-corrected chi connectivity index (χ1v) is 7.09. The summed E-state index contributed by atoms with van der Waals surface area (Å²) in [6, 6.07) is 7.22. The van der Waals surface area contributed by atoms with Crippen molar-refractivity contribution in [3.05, 3.63) is 35.0 Å². The molecule has 1 heterocycles. The van der Waals surface area contributed by atoms with Crippen molar-refractivity contribution in [2.24, 2.45) is 11.8 Å². The van der Waals surface area contributed by atoms with Crippen LogP contribution in [0.25, 0.3) is 11.4 Å². The third kappa shape index (κ3) is 3.83. The lowest BCUT2D eigenvalue weighted by molar-refractivity contribution is 0.416. The Balaban J connectivity index is 2.52. The maximum atomic E-state index is 5.99. The van der Waals surface area contributed by atoms with Crippen LogP contribution in [-0.4, -0.2) is 17.1 Å². The number of halogens is 1. The number of aromatic nitrogens is 2. The molecular formula is C15H19ClN4O. The van der Waals surface area contributed by atoms with Gasteiger partial charge in [-0.3, -0.25) is 0 Å². The third-order valence-corrected chi connectivity index (χ3v) is 3.18. The highest BCUT2D eigenvalue weighted by Gasteiger charge is 2.12. The fourth-order valence-corrected chi connectivity index (χ4v) is 2.23. The van der Waals surface area contributed by atoms with Crippen LogP contribution in [0.2, 0.25) is 5.02 Å². The van der Waals surface area contributed by atoms with Gasteiger partial charge in [-0.25, -0.2) is 15.8 Å². The smallest absolute Gasteiger partial charge is 0.165 e. The molecule has 0 unspecified atom stereocenters. The highest BCUT2D eigenvalue weighted by molar-refractivity contribution is 6.30. The molecule has 0 saturated carbocycles.